The molecule has 1 fully saturated rings. The number of nitrogens with zero attached hydrogens (tertiary/aromatic N) is 3. The van der Waals surface area contributed by atoms with Gasteiger partial charge in [0.25, 0.3) is 5.91 Å². The molecule has 2 heterocycles. The Morgan fingerprint density at radius 1 is 1.00 bits per heavy atom. The topological polar surface area (TPSA) is 91.4 Å². The van der Waals surface area contributed by atoms with Crippen molar-refractivity contribution in [2.45, 2.75) is 39.2 Å². The number of benzene rings is 2. The Hall–Kier alpha value is -3.75. The van der Waals surface area contributed by atoms with E-state index >= 15 is 0 Å². The lowest BCUT2D eigenvalue weighted by Crippen LogP contribution is -2.56. The van der Waals surface area contributed by atoms with Crippen LogP contribution in [0.5, 0.6) is 11.5 Å². The molecule has 0 bridgehead atoms. The highest BCUT2D eigenvalue weighted by Gasteiger charge is 2.40. The number of rotatable bonds is 8. The van der Waals surface area contributed by atoms with Crippen molar-refractivity contribution >= 4 is 34.8 Å². The van der Waals surface area contributed by atoms with E-state index in [4.69, 9.17) is 9.47 Å². The molecule has 0 radical (unpaired) electrons. The molecule has 9 heteroatoms. The molecular weight excluding hydrogens is 460 g/mol. The van der Waals surface area contributed by atoms with E-state index in [9.17, 15) is 14.4 Å². The Kier molecular flexibility index (Phi) is 7.67. The number of ether oxygens (including phenoxy) is 2. The molecule has 9 nitrogen and oxygen atoms in total. The second kappa shape index (κ2) is 10.9. The summed E-state index contributed by atoms with van der Waals surface area (Å²) < 4.78 is 10.6. The summed E-state index contributed by atoms with van der Waals surface area (Å²) >= 11 is 0. The second-order valence-corrected chi connectivity index (χ2v) is 8.96. The first-order valence-corrected chi connectivity index (χ1v) is 12.4. The highest BCUT2D eigenvalue weighted by Crippen LogP contribution is 2.40. The number of hydrogen-bond donors (Lipinski definition) is 1. The van der Waals surface area contributed by atoms with E-state index in [0.29, 0.717) is 41.5 Å². The van der Waals surface area contributed by atoms with E-state index in [-0.39, 0.29) is 30.3 Å². The lowest BCUT2D eigenvalue weighted by Gasteiger charge is -2.45. The van der Waals surface area contributed by atoms with Crippen molar-refractivity contribution in [3.63, 3.8) is 0 Å². The molecule has 3 amide bonds. The molecule has 0 aliphatic carbocycles. The van der Waals surface area contributed by atoms with Gasteiger partial charge in [0.05, 0.1) is 25.6 Å². The number of nitrogens with one attached hydrogen (secondary N) is 1. The molecule has 36 heavy (non-hydrogen) atoms. The van der Waals surface area contributed by atoms with Gasteiger partial charge in [-0.2, -0.15) is 0 Å². The number of anilines is 3. The molecule has 1 atom stereocenters. The Morgan fingerprint density at radius 2 is 1.69 bits per heavy atom. The van der Waals surface area contributed by atoms with Gasteiger partial charge in [-0.15, -0.1) is 0 Å². The van der Waals surface area contributed by atoms with E-state index < -0.39 is 0 Å². The van der Waals surface area contributed by atoms with Gasteiger partial charge in [0.2, 0.25) is 11.8 Å². The Labute approximate surface area is 211 Å². The van der Waals surface area contributed by atoms with Gasteiger partial charge in [0.15, 0.2) is 0 Å². The minimum atomic E-state index is -0.352. The molecule has 0 spiro atoms. The van der Waals surface area contributed by atoms with Gasteiger partial charge < -0.3 is 24.6 Å². The van der Waals surface area contributed by atoms with Gasteiger partial charge in [0.1, 0.15) is 24.1 Å². The Morgan fingerprint density at radius 3 is 2.33 bits per heavy atom. The van der Waals surface area contributed by atoms with E-state index in [0.717, 1.165) is 31.5 Å². The number of hydrogen-bond acceptors (Lipinski definition) is 6. The van der Waals surface area contributed by atoms with Crippen LogP contribution in [0.1, 0.15) is 43.5 Å². The van der Waals surface area contributed by atoms with Crippen molar-refractivity contribution in [2.24, 2.45) is 0 Å². The van der Waals surface area contributed by atoms with Gasteiger partial charge in [-0.25, -0.2) is 0 Å². The Balaban J connectivity index is 1.66. The van der Waals surface area contributed by atoms with Crippen LogP contribution in [-0.4, -0.2) is 69.1 Å². The van der Waals surface area contributed by atoms with Crippen LogP contribution in [0.15, 0.2) is 36.4 Å². The van der Waals surface area contributed by atoms with Crippen molar-refractivity contribution in [3.8, 4) is 11.5 Å². The standard InChI is InChI=1S/C27H34N4O5/c1-5-29(6-2)26(33)18-10-11-22-24(13-18)31(27(34)23-9-7-8-12-30(22)23)17-25(32)28-19-14-20(35-3)16-21(15-19)36-4/h10-11,13-16,23H,5-9,12,17H2,1-4H3,(H,28,32)/t23-/m0/s1. The van der Waals surface area contributed by atoms with E-state index in [1.165, 1.54) is 19.1 Å². The summed E-state index contributed by atoms with van der Waals surface area (Å²) in [5, 5.41) is 2.85. The van der Waals surface area contributed by atoms with Crippen LogP contribution >= 0.6 is 0 Å². The van der Waals surface area contributed by atoms with Crippen molar-refractivity contribution in [3.05, 3.63) is 42.0 Å². The van der Waals surface area contributed by atoms with Crippen molar-refractivity contribution in [2.75, 3.05) is 55.5 Å². The van der Waals surface area contributed by atoms with Crippen LogP contribution in [0, 0.1) is 0 Å². The van der Waals surface area contributed by atoms with Crippen LogP contribution in [0.3, 0.4) is 0 Å². The lowest BCUT2D eigenvalue weighted by molar-refractivity contribution is -0.123. The molecule has 2 aromatic carbocycles. The number of carbonyl (C=O) groups excluding carboxylic acids is 3. The minimum Gasteiger partial charge on any atom is -0.497 e. The number of methoxy groups -OCH3 is 2. The zero-order valence-corrected chi connectivity index (χ0v) is 21.4. The molecule has 1 saturated heterocycles. The third kappa shape index (κ3) is 4.96. The fourth-order valence-electron chi connectivity index (χ4n) is 4.97. The largest absolute Gasteiger partial charge is 0.497 e. The van der Waals surface area contributed by atoms with E-state index in [1.807, 2.05) is 26.0 Å². The summed E-state index contributed by atoms with van der Waals surface area (Å²) in [4.78, 5) is 45.2. The molecule has 4 rings (SSSR count). The predicted octanol–water partition coefficient (Wildman–Crippen LogP) is 3.53. The van der Waals surface area contributed by atoms with Crippen molar-refractivity contribution in [1.82, 2.24) is 4.90 Å². The smallest absolute Gasteiger partial charge is 0.253 e. The average molecular weight is 495 g/mol. The molecule has 1 N–H and O–H groups in total. The van der Waals surface area contributed by atoms with Crippen LogP contribution in [0.25, 0.3) is 0 Å². The van der Waals surface area contributed by atoms with Gasteiger partial charge >= 0.3 is 0 Å². The second-order valence-electron chi connectivity index (χ2n) is 8.96. The van der Waals surface area contributed by atoms with Crippen LogP contribution in [0.2, 0.25) is 0 Å². The van der Waals surface area contributed by atoms with Gasteiger partial charge in [0, 0.05) is 49.1 Å². The third-order valence-corrected chi connectivity index (χ3v) is 6.86. The predicted molar refractivity (Wildman–Crippen MR) is 139 cm³/mol. The average Bonchev–Trinajstić information content (AvgIpc) is 2.91. The summed E-state index contributed by atoms with van der Waals surface area (Å²) in [5.41, 5.74) is 2.48. The maximum Gasteiger partial charge on any atom is 0.253 e. The first kappa shape index (κ1) is 25.3. The first-order valence-electron chi connectivity index (χ1n) is 12.4. The fourth-order valence-corrected chi connectivity index (χ4v) is 4.97. The normalized spacial score (nSPS) is 16.7. The molecule has 2 aliphatic rings. The van der Waals surface area contributed by atoms with Gasteiger partial charge in [-0.05, 0) is 51.3 Å². The highest BCUT2D eigenvalue weighted by atomic mass is 16.5. The number of amides is 3. The van der Waals surface area contributed by atoms with Crippen molar-refractivity contribution in [1.29, 1.82) is 0 Å². The molecule has 192 valence electrons. The highest BCUT2D eigenvalue weighted by molar-refractivity contribution is 6.11. The maximum atomic E-state index is 13.6. The van der Waals surface area contributed by atoms with Crippen LogP contribution in [-0.2, 0) is 9.59 Å². The molecule has 2 aliphatic heterocycles. The maximum absolute atomic E-state index is 13.6. The number of carbonyl (C=O) groups is 3. The van der Waals surface area contributed by atoms with Gasteiger partial charge in [-0.3, -0.25) is 19.3 Å². The summed E-state index contributed by atoms with van der Waals surface area (Å²) in [6, 6.07) is 10.3. The fraction of sp³-hybridized carbons (Fsp3) is 0.444. The number of piperidine rings is 1. The summed E-state index contributed by atoms with van der Waals surface area (Å²) in [6.45, 7) is 5.66. The zero-order valence-electron chi connectivity index (χ0n) is 21.4. The van der Waals surface area contributed by atoms with Crippen LogP contribution < -0.4 is 24.6 Å². The molecule has 0 aromatic heterocycles. The molecule has 0 unspecified atom stereocenters. The molecule has 0 saturated carbocycles. The van der Waals surface area contributed by atoms with Gasteiger partial charge in [-0.1, -0.05) is 0 Å². The quantitative estimate of drug-likeness (QED) is 0.604. The monoisotopic (exact) mass is 494 g/mol. The lowest BCUT2D eigenvalue weighted by atomic mass is 9.95. The number of fused-ring (bicyclic) bond motifs is 3. The summed E-state index contributed by atoms with van der Waals surface area (Å²) in [5.74, 6) is 0.522. The SMILES string of the molecule is CCN(CC)C(=O)c1ccc2c(c1)N(CC(=O)Nc1cc(OC)cc(OC)c1)C(=O)[C@@H]1CCCCN21. The minimum absolute atomic E-state index is 0.0936. The molecular formula is C27H34N4O5. The summed E-state index contributed by atoms with van der Waals surface area (Å²) in [7, 11) is 3.08. The Bertz CT molecular complexity index is 1120. The van der Waals surface area contributed by atoms with Crippen molar-refractivity contribution < 1.29 is 23.9 Å². The molecule has 2 aromatic rings. The first-order chi connectivity index (χ1) is 17.4. The van der Waals surface area contributed by atoms with Crippen LogP contribution in [0.4, 0.5) is 17.1 Å². The zero-order chi connectivity index (χ0) is 25.8. The van der Waals surface area contributed by atoms with E-state index in [2.05, 4.69) is 10.2 Å². The summed E-state index contributed by atoms with van der Waals surface area (Å²) in [6.07, 6.45) is 2.70. The third-order valence-electron chi connectivity index (χ3n) is 6.86. The van der Waals surface area contributed by atoms with E-state index in [1.54, 1.807) is 29.2 Å².